The van der Waals surface area contributed by atoms with Gasteiger partial charge in [0.2, 0.25) is 21.8 Å². The Labute approximate surface area is 214 Å². The summed E-state index contributed by atoms with van der Waals surface area (Å²) in [4.78, 5) is 28.3. The zero-order valence-electron chi connectivity index (χ0n) is 21.3. The van der Waals surface area contributed by atoms with Crippen molar-refractivity contribution in [3.05, 3.63) is 64.2 Å². The van der Waals surface area contributed by atoms with E-state index in [4.69, 9.17) is 11.6 Å². The van der Waals surface area contributed by atoms with Crippen molar-refractivity contribution >= 4 is 39.1 Å². The predicted molar refractivity (Wildman–Crippen MR) is 142 cm³/mol. The molecule has 0 radical (unpaired) electrons. The predicted octanol–water partition coefficient (Wildman–Crippen LogP) is 4.44. The molecular formula is C26H36ClN3O4S. The lowest BCUT2D eigenvalue weighted by Gasteiger charge is -2.34. The van der Waals surface area contributed by atoms with Gasteiger partial charge in [0.25, 0.3) is 0 Å². The number of aryl methyl sites for hydroxylation is 2. The van der Waals surface area contributed by atoms with Gasteiger partial charge in [-0.1, -0.05) is 61.3 Å². The minimum absolute atomic E-state index is 0.0588. The molecular weight excluding hydrogens is 486 g/mol. The fourth-order valence-corrected chi connectivity index (χ4v) is 4.95. The minimum Gasteiger partial charge on any atom is -0.352 e. The lowest BCUT2D eigenvalue weighted by molar-refractivity contribution is -0.140. The second-order valence-corrected chi connectivity index (χ2v) is 11.2. The number of benzene rings is 2. The number of halogens is 1. The zero-order valence-corrected chi connectivity index (χ0v) is 22.9. The Bertz CT molecular complexity index is 1150. The van der Waals surface area contributed by atoms with Crippen LogP contribution >= 0.6 is 11.6 Å². The van der Waals surface area contributed by atoms with Gasteiger partial charge in [0, 0.05) is 17.6 Å². The van der Waals surface area contributed by atoms with E-state index in [1.54, 1.807) is 37.3 Å². The summed E-state index contributed by atoms with van der Waals surface area (Å²) in [7, 11) is -3.78. The Hall–Kier alpha value is -2.58. The van der Waals surface area contributed by atoms with Gasteiger partial charge in [-0.05, 0) is 56.9 Å². The highest BCUT2D eigenvalue weighted by Gasteiger charge is 2.32. The molecule has 0 aliphatic carbocycles. The molecule has 2 amide bonds. The Kier molecular flexibility index (Phi) is 10.2. The number of carbonyl (C=O) groups is 2. The van der Waals surface area contributed by atoms with Crippen molar-refractivity contribution in [3.63, 3.8) is 0 Å². The van der Waals surface area contributed by atoms with E-state index in [0.29, 0.717) is 22.7 Å². The van der Waals surface area contributed by atoms with E-state index in [2.05, 4.69) is 5.32 Å². The number of hydrogen-bond acceptors (Lipinski definition) is 4. The smallest absolute Gasteiger partial charge is 0.244 e. The van der Waals surface area contributed by atoms with Gasteiger partial charge in [-0.15, -0.1) is 0 Å². The van der Waals surface area contributed by atoms with Crippen molar-refractivity contribution < 1.29 is 18.0 Å². The van der Waals surface area contributed by atoms with Gasteiger partial charge in [0.05, 0.1) is 11.9 Å². The van der Waals surface area contributed by atoms with Crippen molar-refractivity contribution in [3.8, 4) is 0 Å². The van der Waals surface area contributed by atoms with Crippen molar-refractivity contribution in [2.75, 3.05) is 17.1 Å². The summed E-state index contributed by atoms with van der Waals surface area (Å²) in [5, 5.41) is 3.42. The number of anilines is 1. The number of sulfonamides is 1. The average Bonchev–Trinajstić information content (AvgIpc) is 2.78. The van der Waals surface area contributed by atoms with Gasteiger partial charge in [-0.3, -0.25) is 13.9 Å². The molecule has 0 aliphatic heterocycles. The van der Waals surface area contributed by atoms with Gasteiger partial charge in [0.1, 0.15) is 12.6 Å². The van der Waals surface area contributed by atoms with Crippen LogP contribution in [0.1, 0.15) is 50.3 Å². The molecule has 35 heavy (non-hydrogen) atoms. The van der Waals surface area contributed by atoms with Crippen molar-refractivity contribution in [2.24, 2.45) is 0 Å². The number of hydrogen-bond donors (Lipinski definition) is 1. The quantitative estimate of drug-likeness (QED) is 0.473. The molecule has 2 aromatic rings. The topological polar surface area (TPSA) is 86.8 Å². The van der Waals surface area contributed by atoms with E-state index in [0.717, 1.165) is 28.1 Å². The van der Waals surface area contributed by atoms with Crippen LogP contribution in [0.5, 0.6) is 0 Å². The normalized spacial score (nSPS) is 13.1. The van der Waals surface area contributed by atoms with E-state index in [-0.39, 0.29) is 18.5 Å². The average molecular weight is 522 g/mol. The monoisotopic (exact) mass is 521 g/mol. The molecule has 0 aliphatic rings. The van der Waals surface area contributed by atoms with Crippen molar-refractivity contribution in [2.45, 2.75) is 66.1 Å². The number of rotatable bonds is 11. The van der Waals surface area contributed by atoms with E-state index in [9.17, 15) is 18.0 Å². The van der Waals surface area contributed by atoms with Crippen LogP contribution < -0.4 is 9.62 Å². The highest BCUT2D eigenvalue weighted by atomic mass is 35.5. The van der Waals surface area contributed by atoms with E-state index in [1.807, 2.05) is 39.8 Å². The molecule has 2 aromatic carbocycles. The summed E-state index contributed by atoms with van der Waals surface area (Å²) in [6, 6.07) is 11.6. The Morgan fingerprint density at radius 3 is 2.26 bits per heavy atom. The number of nitrogens with zero attached hydrogens (tertiary/aromatic N) is 2. The molecule has 0 spiro atoms. The number of amides is 2. The van der Waals surface area contributed by atoms with Crippen molar-refractivity contribution in [1.82, 2.24) is 10.2 Å². The fourth-order valence-electron chi connectivity index (χ4n) is 3.85. The Balaban J connectivity index is 2.49. The molecule has 2 unspecified atom stereocenters. The fraction of sp³-hybridized carbons (Fsp3) is 0.462. The van der Waals surface area contributed by atoms with Crippen LogP contribution in [-0.4, -0.2) is 50.0 Å². The maximum absolute atomic E-state index is 13.7. The third-order valence-corrected chi connectivity index (χ3v) is 7.48. The van der Waals surface area contributed by atoms with E-state index in [1.165, 1.54) is 4.90 Å². The first-order valence-corrected chi connectivity index (χ1v) is 14.0. The van der Waals surface area contributed by atoms with Crippen LogP contribution in [0, 0.1) is 13.8 Å². The van der Waals surface area contributed by atoms with E-state index < -0.39 is 28.5 Å². The Morgan fingerprint density at radius 2 is 1.71 bits per heavy atom. The molecule has 0 heterocycles. The molecule has 0 fully saturated rings. The highest BCUT2D eigenvalue weighted by Crippen LogP contribution is 2.25. The molecule has 0 saturated carbocycles. The molecule has 9 heteroatoms. The lowest BCUT2D eigenvalue weighted by atomic mass is 10.1. The van der Waals surface area contributed by atoms with Gasteiger partial charge in [-0.25, -0.2) is 8.42 Å². The maximum atomic E-state index is 13.7. The maximum Gasteiger partial charge on any atom is 0.244 e. The summed E-state index contributed by atoms with van der Waals surface area (Å²) in [6.07, 6.45) is 2.18. The summed E-state index contributed by atoms with van der Waals surface area (Å²) in [5.41, 5.74) is 2.83. The molecule has 0 saturated heterocycles. The van der Waals surface area contributed by atoms with Crippen molar-refractivity contribution in [1.29, 1.82) is 0 Å². The third-order valence-electron chi connectivity index (χ3n) is 5.99. The number of carbonyl (C=O) groups excluding carboxylic acids is 2. The first kappa shape index (κ1) is 28.7. The Morgan fingerprint density at radius 1 is 1.06 bits per heavy atom. The summed E-state index contributed by atoms with van der Waals surface area (Å²) in [5.74, 6) is -0.763. The van der Waals surface area contributed by atoms with Crippen LogP contribution in [0.25, 0.3) is 0 Å². The van der Waals surface area contributed by atoms with Crippen LogP contribution in [0.2, 0.25) is 5.02 Å². The second-order valence-electron chi connectivity index (χ2n) is 8.91. The number of nitrogens with one attached hydrogen (secondary N) is 1. The summed E-state index contributed by atoms with van der Waals surface area (Å²) < 4.78 is 26.6. The molecule has 192 valence electrons. The zero-order chi connectivity index (χ0) is 26.3. The minimum atomic E-state index is -3.78. The molecule has 0 aromatic heterocycles. The third kappa shape index (κ3) is 7.70. The largest absolute Gasteiger partial charge is 0.352 e. The first-order valence-electron chi connectivity index (χ1n) is 11.8. The molecule has 7 nitrogen and oxygen atoms in total. The van der Waals surface area contributed by atoms with Gasteiger partial charge >= 0.3 is 0 Å². The van der Waals surface area contributed by atoms with Crippen LogP contribution in [0.15, 0.2) is 42.5 Å². The standard InChI is InChI=1S/C26H36ClN3O4S/c1-7-20(5)28-26(32)23(8-2)29(16-21-11-9-10-12-22(21)27)25(31)17-30(35(6,33)34)24-14-13-18(3)15-19(24)4/h9-15,20,23H,7-8,16-17H2,1-6H3,(H,28,32). The molecule has 2 atom stereocenters. The van der Waals surface area contributed by atoms with Gasteiger partial charge < -0.3 is 10.2 Å². The second kappa shape index (κ2) is 12.4. The van der Waals surface area contributed by atoms with Gasteiger partial charge in [-0.2, -0.15) is 0 Å². The van der Waals surface area contributed by atoms with Crippen LogP contribution in [0.4, 0.5) is 5.69 Å². The van der Waals surface area contributed by atoms with Crippen LogP contribution in [-0.2, 0) is 26.2 Å². The molecule has 0 bridgehead atoms. The summed E-state index contributed by atoms with van der Waals surface area (Å²) in [6.45, 7) is 9.06. The van der Waals surface area contributed by atoms with Crippen LogP contribution in [0.3, 0.4) is 0 Å². The summed E-state index contributed by atoms with van der Waals surface area (Å²) >= 11 is 6.37. The molecule has 1 N–H and O–H groups in total. The van der Waals surface area contributed by atoms with Gasteiger partial charge in [0.15, 0.2) is 0 Å². The SMILES string of the molecule is CCC(C)NC(=O)C(CC)N(Cc1ccccc1Cl)C(=O)CN(c1ccc(C)cc1C)S(C)(=O)=O. The first-order chi connectivity index (χ1) is 16.4. The van der Waals surface area contributed by atoms with E-state index >= 15 is 0 Å². The highest BCUT2D eigenvalue weighted by molar-refractivity contribution is 7.92. The molecule has 2 rings (SSSR count). The lowest BCUT2D eigenvalue weighted by Crippen LogP contribution is -2.53.